The number of allylic oxidation sites excluding steroid dienone is 1. The van der Waals surface area contributed by atoms with Crippen LogP contribution in [0.4, 0.5) is 0 Å². The van der Waals surface area contributed by atoms with E-state index in [4.69, 9.17) is 11.6 Å². The molecule has 0 saturated heterocycles. The van der Waals surface area contributed by atoms with E-state index in [0.29, 0.717) is 16.4 Å². The van der Waals surface area contributed by atoms with E-state index in [9.17, 15) is 13.7 Å². The van der Waals surface area contributed by atoms with Gasteiger partial charge in [0.05, 0.1) is 16.3 Å². The molecule has 8 heteroatoms. The Labute approximate surface area is 148 Å². The van der Waals surface area contributed by atoms with Gasteiger partial charge in [-0.2, -0.15) is 5.26 Å². The quantitative estimate of drug-likeness (QED) is 0.646. The fourth-order valence-electron chi connectivity index (χ4n) is 2.29. The van der Waals surface area contributed by atoms with Gasteiger partial charge in [-0.3, -0.25) is 4.40 Å². The molecule has 3 rings (SSSR count). The Kier molecular flexibility index (Phi) is 4.22. The minimum atomic E-state index is -3.92. The molecule has 2 aromatic heterocycles. The predicted octanol–water partition coefficient (Wildman–Crippen LogP) is 4.00. The minimum absolute atomic E-state index is 0.0274. The van der Waals surface area contributed by atoms with Crippen LogP contribution in [-0.4, -0.2) is 17.8 Å². The normalized spacial score (nSPS) is 12.5. The highest BCUT2D eigenvalue weighted by atomic mass is 35.5. The molecule has 0 aliphatic carbocycles. The van der Waals surface area contributed by atoms with Crippen molar-refractivity contribution in [2.75, 3.05) is 0 Å². The van der Waals surface area contributed by atoms with Gasteiger partial charge in [0.25, 0.3) is 0 Å². The molecule has 0 atom stereocenters. The summed E-state index contributed by atoms with van der Waals surface area (Å²) in [7, 11) is -3.92. The third kappa shape index (κ3) is 2.84. The van der Waals surface area contributed by atoms with E-state index in [1.54, 1.807) is 17.4 Å². The fraction of sp³-hybridized carbons (Fsp3) is 0.125. The Morgan fingerprint density at radius 3 is 2.62 bits per heavy atom. The summed E-state index contributed by atoms with van der Waals surface area (Å²) in [5, 5.41) is 9.82. The van der Waals surface area contributed by atoms with Gasteiger partial charge in [-0.05, 0) is 44.2 Å². The zero-order valence-corrected chi connectivity index (χ0v) is 15.2. The third-order valence-corrected chi connectivity index (χ3v) is 6.29. The maximum atomic E-state index is 12.7. The van der Waals surface area contributed by atoms with E-state index in [1.165, 1.54) is 41.7 Å². The van der Waals surface area contributed by atoms with Crippen molar-refractivity contribution in [3.8, 4) is 6.07 Å². The number of imidazole rings is 1. The monoisotopic (exact) mass is 377 g/mol. The van der Waals surface area contributed by atoms with E-state index in [1.807, 2.05) is 13.1 Å². The highest BCUT2D eigenvalue weighted by Gasteiger charge is 2.22. The van der Waals surface area contributed by atoms with E-state index in [0.717, 1.165) is 9.84 Å². The first-order valence-corrected chi connectivity index (χ1v) is 9.58. The number of nitriles is 1. The van der Waals surface area contributed by atoms with Crippen LogP contribution in [0, 0.1) is 25.2 Å². The standard InChI is InChI=1S/C16H12ClN3O2S2/c1-10-9-20-15(11(2)19-16(20)23-10)7-14(8-18)24(21,22)13-5-3-12(17)4-6-13/h3-7,9H,1-2H3/b14-7+. The first-order chi connectivity index (χ1) is 11.3. The number of sulfone groups is 1. The van der Waals surface area contributed by atoms with Crippen molar-refractivity contribution in [3.05, 3.63) is 56.7 Å². The number of aryl methyl sites for hydroxylation is 2. The van der Waals surface area contributed by atoms with Gasteiger partial charge in [-0.15, -0.1) is 11.3 Å². The average Bonchev–Trinajstić information content (AvgIpc) is 3.00. The Morgan fingerprint density at radius 2 is 2.00 bits per heavy atom. The van der Waals surface area contributed by atoms with E-state index in [-0.39, 0.29) is 9.80 Å². The second-order valence-electron chi connectivity index (χ2n) is 5.15. The number of aromatic nitrogens is 2. The van der Waals surface area contributed by atoms with Crippen LogP contribution in [0.2, 0.25) is 5.02 Å². The van der Waals surface area contributed by atoms with Crippen molar-refractivity contribution in [2.45, 2.75) is 18.7 Å². The maximum absolute atomic E-state index is 12.7. The number of benzene rings is 1. The number of thiazole rings is 1. The lowest BCUT2D eigenvalue weighted by molar-refractivity contribution is 0.603. The summed E-state index contributed by atoms with van der Waals surface area (Å²) in [5.41, 5.74) is 1.25. The van der Waals surface area contributed by atoms with Crippen LogP contribution in [0.25, 0.3) is 11.0 Å². The highest BCUT2D eigenvalue weighted by molar-refractivity contribution is 7.95. The van der Waals surface area contributed by atoms with Crippen molar-refractivity contribution in [3.63, 3.8) is 0 Å². The second kappa shape index (κ2) is 6.06. The van der Waals surface area contributed by atoms with Crippen LogP contribution >= 0.6 is 22.9 Å². The molecule has 0 N–H and O–H groups in total. The third-order valence-electron chi connectivity index (χ3n) is 3.45. The summed E-state index contributed by atoms with van der Waals surface area (Å²) >= 11 is 7.30. The Balaban J connectivity index is 2.17. The van der Waals surface area contributed by atoms with Crippen LogP contribution in [-0.2, 0) is 9.84 Å². The van der Waals surface area contributed by atoms with Crippen LogP contribution in [0.1, 0.15) is 16.3 Å². The van der Waals surface area contributed by atoms with Gasteiger partial charge in [0.2, 0.25) is 9.84 Å². The molecule has 3 aromatic rings. The average molecular weight is 378 g/mol. The molecule has 0 bridgehead atoms. The lowest BCUT2D eigenvalue weighted by atomic mass is 10.3. The van der Waals surface area contributed by atoms with Gasteiger partial charge in [-0.25, -0.2) is 13.4 Å². The summed E-state index contributed by atoms with van der Waals surface area (Å²) in [6, 6.07) is 7.53. The Morgan fingerprint density at radius 1 is 1.33 bits per heavy atom. The Bertz CT molecular complexity index is 1100. The van der Waals surface area contributed by atoms with Crippen LogP contribution in [0.15, 0.2) is 40.3 Å². The SMILES string of the molecule is Cc1cn2c(/C=C(\C#N)S(=O)(=O)c3ccc(Cl)cc3)c(C)nc2s1. The number of halogens is 1. The Hall–Kier alpha value is -2.14. The number of fused-ring (bicyclic) bond motifs is 1. The van der Waals surface area contributed by atoms with Gasteiger partial charge >= 0.3 is 0 Å². The molecular weight excluding hydrogens is 366 g/mol. The lowest BCUT2D eigenvalue weighted by Crippen LogP contribution is -2.04. The molecule has 0 fully saturated rings. The molecule has 122 valence electrons. The van der Waals surface area contributed by atoms with E-state index >= 15 is 0 Å². The maximum Gasteiger partial charge on any atom is 0.216 e. The number of hydrogen-bond donors (Lipinski definition) is 0. The molecule has 0 aliphatic heterocycles. The van der Waals surface area contributed by atoms with Crippen LogP contribution in [0.3, 0.4) is 0 Å². The zero-order valence-electron chi connectivity index (χ0n) is 12.8. The molecule has 1 aromatic carbocycles. The van der Waals surface area contributed by atoms with Crippen molar-refractivity contribution >= 4 is 43.8 Å². The van der Waals surface area contributed by atoms with E-state index < -0.39 is 9.84 Å². The lowest BCUT2D eigenvalue weighted by Gasteiger charge is -2.03. The second-order valence-corrected chi connectivity index (χ2v) is 8.72. The smallest absolute Gasteiger partial charge is 0.216 e. The van der Waals surface area contributed by atoms with Gasteiger partial charge in [-0.1, -0.05) is 11.6 Å². The first kappa shape index (κ1) is 16.7. The molecule has 0 saturated carbocycles. The molecule has 5 nitrogen and oxygen atoms in total. The summed E-state index contributed by atoms with van der Waals surface area (Å²) in [4.78, 5) is 5.90. The molecule has 0 radical (unpaired) electrons. The van der Waals surface area contributed by atoms with Gasteiger partial charge in [0.15, 0.2) is 9.87 Å². The van der Waals surface area contributed by atoms with Gasteiger partial charge < -0.3 is 0 Å². The zero-order chi connectivity index (χ0) is 17.5. The summed E-state index contributed by atoms with van der Waals surface area (Å²) in [6.45, 7) is 3.72. The molecule has 0 aliphatic rings. The van der Waals surface area contributed by atoms with Crippen molar-refractivity contribution in [1.82, 2.24) is 9.38 Å². The number of hydrogen-bond acceptors (Lipinski definition) is 5. The van der Waals surface area contributed by atoms with Crippen molar-refractivity contribution < 1.29 is 8.42 Å². The largest absolute Gasteiger partial charge is 0.290 e. The molecular formula is C16H12ClN3O2S2. The summed E-state index contributed by atoms with van der Waals surface area (Å²) in [6.07, 6.45) is 3.24. The van der Waals surface area contributed by atoms with Crippen molar-refractivity contribution in [2.24, 2.45) is 0 Å². The minimum Gasteiger partial charge on any atom is -0.290 e. The molecule has 24 heavy (non-hydrogen) atoms. The van der Waals surface area contributed by atoms with Gasteiger partial charge in [0, 0.05) is 16.1 Å². The van der Waals surface area contributed by atoms with E-state index in [2.05, 4.69) is 4.98 Å². The number of rotatable bonds is 3. The molecule has 0 unspecified atom stereocenters. The predicted molar refractivity (Wildman–Crippen MR) is 94.8 cm³/mol. The summed E-state index contributed by atoms with van der Waals surface area (Å²) in [5.74, 6) is 0. The first-order valence-electron chi connectivity index (χ1n) is 6.90. The summed E-state index contributed by atoms with van der Waals surface area (Å²) < 4.78 is 27.2. The molecule has 0 spiro atoms. The number of nitrogens with zero attached hydrogens (tertiary/aromatic N) is 3. The van der Waals surface area contributed by atoms with Crippen LogP contribution in [0.5, 0.6) is 0 Å². The molecule has 0 amide bonds. The highest BCUT2D eigenvalue weighted by Crippen LogP contribution is 2.26. The van der Waals surface area contributed by atoms with Crippen molar-refractivity contribution in [1.29, 1.82) is 5.26 Å². The van der Waals surface area contributed by atoms with Crippen LogP contribution < -0.4 is 0 Å². The fourth-order valence-corrected chi connectivity index (χ4v) is 4.43. The topological polar surface area (TPSA) is 75.2 Å². The molecule has 2 heterocycles. The van der Waals surface area contributed by atoms with Gasteiger partial charge in [0.1, 0.15) is 6.07 Å².